The van der Waals surface area contributed by atoms with E-state index in [2.05, 4.69) is 0 Å². The molecule has 4 heteroatoms. The van der Waals surface area contributed by atoms with Gasteiger partial charge in [-0.05, 0) is 30.7 Å². The van der Waals surface area contributed by atoms with Gasteiger partial charge < -0.3 is 15.2 Å². The summed E-state index contributed by atoms with van der Waals surface area (Å²) in [6, 6.07) is 5.14. The van der Waals surface area contributed by atoms with Gasteiger partial charge in [-0.3, -0.25) is 0 Å². The maximum absolute atomic E-state index is 11.7. The lowest BCUT2D eigenvalue weighted by atomic mass is 10.1. The predicted molar refractivity (Wildman–Crippen MR) is 60.2 cm³/mol. The molecule has 1 aromatic rings. The van der Waals surface area contributed by atoms with Crippen molar-refractivity contribution in [2.24, 2.45) is 0 Å². The average Bonchev–Trinajstić information content (AvgIpc) is 2.74. The second-order valence-corrected chi connectivity index (χ2v) is 3.96. The SMILES string of the molecule is Cc1cc(C(=O)OC2CCOC2)ccc1N. The van der Waals surface area contributed by atoms with Crippen LogP contribution in [0.2, 0.25) is 0 Å². The van der Waals surface area contributed by atoms with Crippen LogP contribution >= 0.6 is 0 Å². The van der Waals surface area contributed by atoms with Crippen LogP contribution in [0, 0.1) is 6.92 Å². The first-order chi connectivity index (χ1) is 7.66. The topological polar surface area (TPSA) is 61.5 Å². The van der Waals surface area contributed by atoms with Crippen molar-refractivity contribution in [3.63, 3.8) is 0 Å². The Balaban J connectivity index is 2.05. The summed E-state index contributed by atoms with van der Waals surface area (Å²) in [6.45, 7) is 3.03. The Morgan fingerprint density at radius 3 is 3.00 bits per heavy atom. The molecule has 1 aliphatic heterocycles. The molecule has 1 fully saturated rings. The summed E-state index contributed by atoms with van der Waals surface area (Å²) in [7, 11) is 0. The predicted octanol–water partition coefficient (Wildman–Crippen LogP) is 1.52. The van der Waals surface area contributed by atoms with E-state index in [1.165, 1.54) is 0 Å². The molecular formula is C12H15NO3. The third-order valence-corrected chi connectivity index (χ3v) is 2.67. The van der Waals surface area contributed by atoms with Gasteiger partial charge >= 0.3 is 5.97 Å². The molecule has 1 atom stereocenters. The van der Waals surface area contributed by atoms with Crippen LogP contribution in [0.5, 0.6) is 0 Å². The zero-order valence-corrected chi connectivity index (χ0v) is 9.23. The normalized spacial score (nSPS) is 19.7. The van der Waals surface area contributed by atoms with Crippen LogP contribution in [-0.2, 0) is 9.47 Å². The van der Waals surface area contributed by atoms with Crippen molar-refractivity contribution >= 4 is 11.7 Å². The number of esters is 1. The van der Waals surface area contributed by atoms with Crippen LogP contribution in [-0.4, -0.2) is 25.3 Å². The van der Waals surface area contributed by atoms with Gasteiger partial charge in [-0.15, -0.1) is 0 Å². The molecule has 2 N–H and O–H groups in total. The quantitative estimate of drug-likeness (QED) is 0.607. The largest absolute Gasteiger partial charge is 0.456 e. The van der Waals surface area contributed by atoms with Crippen molar-refractivity contribution in [3.05, 3.63) is 29.3 Å². The van der Waals surface area contributed by atoms with Crippen molar-refractivity contribution in [2.45, 2.75) is 19.4 Å². The Labute approximate surface area is 94.3 Å². The monoisotopic (exact) mass is 221 g/mol. The molecule has 2 rings (SSSR count). The number of hydrogen-bond acceptors (Lipinski definition) is 4. The Morgan fingerprint density at radius 2 is 2.38 bits per heavy atom. The smallest absolute Gasteiger partial charge is 0.338 e. The van der Waals surface area contributed by atoms with Gasteiger partial charge in [0.1, 0.15) is 6.10 Å². The summed E-state index contributed by atoms with van der Waals surface area (Å²) in [5, 5.41) is 0. The highest BCUT2D eigenvalue weighted by Gasteiger charge is 2.20. The molecule has 0 spiro atoms. The van der Waals surface area contributed by atoms with Crippen molar-refractivity contribution in [2.75, 3.05) is 18.9 Å². The molecule has 0 bridgehead atoms. The van der Waals surface area contributed by atoms with Gasteiger partial charge in [0.25, 0.3) is 0 Å². The van der Waals surface area contributed by atoms with Crippen LogP contribution in [0.1, 0.15) is 22.3 Å². The number of benzene rings is 1. The summed E-state index contributed by atoms with van der Waals surface area (Å²) in [6.07, 6.45) is 0.671. The molecule has 1 unspecified atom stereocenters. The van der Waals surface area contributed by atoms with Crippen LogP contribution in [0.15, 0.2) is 18.2 Å². The standard InChI is InChI=1S/C12H15NO3/c1-8-6-9(2-3-11(8)13)12(14)16-10-4-5-15-7-10/h2-3,6,10H,4-5,7,13H2,1H3. The van der Waals surface area contributed by atoms with Gasteiger partial charge in [-0.25, -0.2) is 4.79 Å². The van der Waals surface area contributed by atoms with E-state index >= 15 is 0 Å². The first-order valence-corrected chi connectivity index (χ1v) is 5.31. The van der Waals surface area contributed by atoms with Crippen LogP contribution in [0.25, 0.3) is 0 Å². The summed E-state index contributed by atoms with van der Waals surface area (Å²) < 4.78 is 10.4. The number of carbonyl (C=O) groups excluding carboxylic acids is 1. The fourth-order valence-electron chi connectivity index (χ4n) is 1.63. The van der Waals surface area contributed by atoms with E-state index < -0.39 is 0 Å². The summed E-state index contributed by atoms with van der Waals surface area (Å²) in [5.41, 5.74) is 7.79. The highest BCUT2D eigenvalue weighted by atomic mass is 16.6. The third kappa shape index (κ3) is 2.33. The number of aryl methyl sites for hydroxylation is 1. The van der Waals surface area contributed by atoms with E-state index in [0.29, 0.717) is 24.5 Å². The molecule has 1 saturated heterocycles. The molecule has 1 aliphatic rings. The van der Waals surface area contributed by atoms with E-state index in [-0.39, 0.29) is 12.1 Å². The van der Waals surface area contributed by atoms with Gasteiger partial charge in [0.2, 0.25) is 0 Å². The minimum Gasteiger partial charge on any atom is -0.456 e. The fraction of sp³-hybridized carbons (Fsp3) is 0.417. The molecule has 4 nitrogen and oxygen atoms in total. The molecule has 1 heterocycles. The second kappa shape index (κ2) is 4.53. The third-order valence-electron chi connectivity index (χ3n) is 2.67. The summed E-state index contributed by atoms with van der Waals surface area (Å²) in [4.78, 5) is 11.7. The van der Waals surface area contributed by atoms with Crippen molar-refractivity contribution in [1.82, 2.24) is 0 Å². The van der Waals surface area contributed by atoms with Crippen LogP contribution in [0.3, 0.4) is 0 Å². The Hall–Kier alpha value is -1.55. The van der Waals surface area contributed by atoms with Gasteiger partial charge in [0, 0.05) is 12.1 Å². The van der Waals surface area contributed by atoms with Gasteiger partial charge in [0.05, 0.1) is 18.8 Å². The molecule has 0 saturated carbocycles. The molecule has 0 radical (unpaired) electrons. The number of nitrogens with two attached hydrogens (primary N) is 1. The first-order valence-electron chi connectivity index (χ1n) is 5.31. The average molecular weight is 221 g/mol. The van der Waals surface area contributed by atoms with E-state index in [9.17, 15) is 4.79 Å². The maximum Gasteiger partial charge on any atom is 0.338 e. The zero-order valence-electron chi connectivity index (χ0n) is 9.23. The molecule has 0 amide bonds. The number of nitrogen functional groups attached to an aromatic ring is 1. The highest BCUT2D eigenvalue weighted by Crippen LogP contribution is 2.16. The molecule has 16 heavy (non-hydrogen) atoms. The molecule has 0 aromatic heterocycles. The molecule has 86 valence electrons. The second-order valence-electron chi connectivity index (χ2n) is 3.96. The van der Waals surface area contributed by atoms with Gasteiger partial charge in [-0.2, -0.15) is 0 Å². The minimum absolute atomic E-state index is 0.106. The number of anilines is 1. The van der Waals surface area contributed by atoms with Gasteiger partial charge in [-0.1, -0.05) is 0 Å². The number of hydrogen-bond donors (Lipinski definition) is 1. The van der Waals surface area contributed by atoms with E-state index in [4.69, 9.17) is 15.2 Å². The Kier molecular flexibility index (Phi) is 3.10. The van der Waals surface area contributed by atoms with Crippen molar-refractivity contribution < 1.29 is 14.3 Å². The lowest BCUT2D eigenvalue weighted by Crippen LogP contribution is -2.18. The van der Waals surface area contributed by atoms with E-state index in [1.807, 2.05) is 6.92 Å². The first kappa shape index (κ1) is 11.0. The molecule has 0 aliphatic carbocycles. The Bertz CT molecular complexity index is 397. The van der Waals surface area contributed by atoms with Crippen molar-refractivity contribution in [3.8, 4) is 0 Å². The number of carbonyl (C=O) groups is 1. The van der Waals surface area contributed by atoms with Crippen molar-refractivity contribution in [1.29, 1.82) is 0 Å². The lowest BCUT2D eigenvalue weighted by molar-refractivity contribution is 0.0270. The minimum atomic E-state index is -0.307. The molecule has 1 aromatic carbocycles. The van der Waals surface area contributed by atoms with Crippen LogP contribution < -0.4 is 5.73 Å². The summed E-state index contributed by atoms with van der Waals surface area (Å²) >= 11 is 0. The Morgan fingerprint density at radius 1 is 1.56 bits per heavy atom. The van der Waals surface area contributed by atoms with E-state index in [0.717, 1.165) is 12.0 Å². The summed E-state index contributed by atoms with van der Waals surface area (Å²) in [5.74, 6) is -0.307. The lowest BCUT2D eigenvalue weighted by Gasteiger charge is -2.10. The zero-order chi connectivity index (χ0) is 11.5. The van der Waals surface area contributed by atoms with Gasteiger partial charge in [0.15, 0.2) is 0 Å². The number of rotatable bonds is 2. The maximum atomic E-state index is 11.7. The van der Waals surface area contributed by atoms with Crippen LogP contribution in [0.4, 0.5) is 5.69 Å². The fourth-order valence-corrected chi connectivity index (χ4v) is 1.63. The highest BCUT2D eigenvalue weighted by molar-refractivity contribution is 5.90. The van der Waals surface area contributed by atoms with E-state index in [1.54, 1.807) is 18.2 Å². The molecular weight excluding hydrogens is 206 g/mol. The number of ether oxygens (including phenoxy) is 2.